The molecule has 0 saturated carbocycles. The predicted molar refractivity (Wildman–Crippen MR) is 71.7 cm³/mol. The van der Waals surface area contributed by atoms with Crippen LogP contribution in [0.3, 0.4) is 0 Å². The lowest BCUT2D eigenvalue weighted by atomic mass is 10.0. The molecule has 5 heteroatoms. The van der Waals surface area contributed by atoms with Crippen LogP contribution in [0.15, 0.2) is 28.7 Å². The number of aliphatic carboxylic acids is 1. The summed E-state index contributed by atoms with van der Waals surface area (Å²) < 4.78 is 6.23. The van der Waals surface area contributed by atoms with E-state index in [1.165, 1.54) is 0 Å². The van der Waals surface area contributed by atoms with Crippen LogP contribution in [-0.4, -0.2) is 48.3 Å². The van der Waals surface area contributed by atoms with Gasteiger partial charge >= 0.3 is 5.97 Å². The second-order valence-electron chi connectivity index (χ2n) is 4.34. The highest BCUT2D eigenvalue weighted by Gasteiger charge is 2.27. The zero-order valence-electron chi connectivity index (χ0n) is 10.0. The summed E-state index contributed by atoms with van der Waals surface area (Å²) in [6.45, 7) is 2.60. The van der Waals surface area contributed by atoms with Crippen molar-refractivity contribution in [1.29, 1.82) is 0 Å². The maximum Gasteiger partial charge on any atom is 0.321 e. The first kappa shape index (κ1) is 13.5. The number of halogens is 1. The van der Waals surface area contributed by atoms with Gasteiger partial charge in [0.15, 0.2) is 0 Å². The van der Waals surface area contributed by atoms with Crippen LogP contribution in [0.25, 0.3) is 0 Å². The third kappa shape index (κ3) is 3.54. The molecule has 4 nitrogen and oxygen atoms in total. The van der Waals surface area contributed by atoms with E-state index in [4.69, 9.17) is 4.74 Å². The standard InChI is InChI=1S/C13H16BrNO3/c14-11-3-1-2-10(8-11)9-12(13(16)17)15-4-6-18-7-5-15/h1-3,8,12H,4-7,9H2,(H,16,17)/t12-/m1/s1. The topological polar surface area (TPSA) is 49.8 Å². The van der Waals surface area contributed by atoms with E-state index in [9.17, 15) is 9.90 Å². The van der Waals surface area contributed by atoms with Crippen LogP contribution in [-0.2, 0) is 16.0 Å². The van der Waals surface area contributed by atoms with Gasteiger partial charge in [0.2, 0.25) is 0 Å². The molecule has 0 radical (unpaired) electrons. The number of carbonyl (C=O) groups is 1. The van der Waals surface area contributed by atoms with E-state index in [1.807, 2.05) is 29.2 Å². The number of carboxylic acids is 1. The number of nitrogens with zero attached hydrogens (tertiary/aromatic N) is 1. The van der Waals surface area contributed by atoms with Crippen molar-refractivity contribution in [2.24, 2.45) is 0 Å². The molecule has 1 N–H and O–H groups in total. The highest BCUT2D eigenvalue weighted by atomic mass is 79.9. The lowest BCUT2D eigenvalue weighted by Crippen LogP contribution is -2.48. The van der Waals surface area contributed by atoms with Gasteiger partial charge in [-0.2, -0.15) is 0 Å². The Morgan fingerprint density at radius 2 is 2.17 bits per heavy atom. The first-order valence-electron chi connectivity index (χ1n) is 5.96. The fourth-order valence-electron chi connectivity index (χ4n) is 2.15. The summed E-state index contributed by atoms with van der Waals surface area (Å²) in [4.78, 5) is 13.4. The molecule has 1 aromatic rings. The van der Waals surface area contributed by atoms with Crippen molar-refractivity contribution < 1.29 is 14.6 Å². The molecule has 0 bridgehead atoms. The van der Waals surface area contributed by atoms with Crippen molar-refractivity contribution in [2.45, 2.75) is 12.5 Å². The molecule has 1 fully saturated rings. The molecule has 2 rings (SSSR count). The van der Waals surface area contributed by atoms with E-state index < -0.39 is 12.0 Å². The van der Waals surface area contributed by atoms with E-state index in [0.29, 0.717) is 32.7 Å². The van der Waals surface area contributed by atoms with Crippen LogP contribution in [0.5, 0.6) is 0 Å². The van der Waals surface area contributed by atoms with Crippen LogP contribution < -0.4 is 0 Å². The zero-order valence-corrected chi connectivity index (χ0v) is 11.6. The molecule has 0 aliphatic carbocycles. The monoisotopic (exact) mass is 313 g/mol. The van der Waals surface area contributed by atoms with E-state index in [2.05, 4.69) is 15.9 Å². The number of benzene rings is 1. The smallest absolute Gasteiger partial charge is 0.321 e. The first-order chi connectivity index (χ1) is 8.66. The minimum absolute atomic E-state index is 0.469. The summed E-state index contributed by atoms with van der Waals surface area (Å²) in [5.74, 6) is -0.767. The Hall–Kier alpha value is -0.910. The average molecular weight is 314 g/mol. The van der Waals surface area contributed by atoms with Gasteiger partial charge in [-0.1, -0.05) is 28.1 Å². The molecule has 1 atom stereocenters. The Morgan fingerprint density at radius 3 is 2.78 bits per heavy atom. The first-order valence-corrected chi connectivity index (χ1v) is 6.75. The van der Waals surface area contributed by atoms with E-state index >= 15 is 0 Å². The Bertz CT molecular complexity index is 418. The summed E-state index contributed by atoms with van der Waals surface area (Å²) in [6, 6.07) is 7.33. The number of carboxylic acid groups (broad SMARTS) is 1. The van der Waals surface area contributed by atoms with Gasteiger partial charge in [-0.15, -0.1) is 0 Å². The molecule has 0 unspecified atom stereocenters. The molecule has 1 aliphatic rings. The third-order valence-electron chi connectivity index (χ3n) is 3.09. The van der Waals surface area contributed by atoms with Gasteiger partial charge in [-0.05, 0) is 24.1 Å². The predicted octanol–water partition coefficient (Wildman–Crippen LogP) is 1.78. The number of hydrogen-bond acceptors (Lipinski definition) is 3. The molecule has 0 amide bonds. The molecule has 1 aromatic carbocycles. The summed E-state index contributed by atoms with van der Waals surface area (Å²) in [7, 11) is 0. The van der Waals surface area contributed by atoms with Crippen molar-refractivity contribution in [3.63, 3.8) is 0 Å². The van der Waals surface area contributed by atoms with Crippen molar-refractivity contribution in [3.05, 3.63) is 34.3 Å². The van der Waals surface area contributed by atoms with Gasteiger partial charge in [-0.3, -0.25) is 9.69 Å². The number of ether oxygens (including phenoxy) is 1. The van der Waals surface area contributed by atoms with E-state index in [1.54, 1.807) is 0 Å². The quantitative estimate of drug-likeness (QED) is 0.920. The average Bonchev–Trinajstić information content (AvgIpc) is 2.37. The molecular formula is C13H16BrNO3. The summed E-state index contributed by atoms with van der Waals surface area (Å²) in [5, 5.41) is 9.36. The van der Waals surface area contributed by atoms with Gasteiger partial charge in [0.05, 0.1) is 13.2 Å². The van der Waals surface area contributed by atoms with Crippen LogP contribution >= 0.6 is 15.9 Å². The van der Waals surface area contributed by atoms with Gasteiger partial charge < -0.3 is 9.84 Å². The largest absolute Gasteiger partial charge is 0.480 e. The Kier molecular flexibility index (Phi) is 4.74. The summed E-state index contributed by atoms with van der Waals surface area (Å²) in [5.41, 5.74) is 1.03. The van der Waals surface area contributed by atoms with Crippen LogP contribution in [0.4, 0.5) is 0 Å². The van der Waals surface area contributed by atoms with Crippen LogP contribution in [0, 0.1) is 0 Å². The van der Waals surface area contributed by atoms with Crippen LogP contribution in [0.1, 0.15) is 5.56 Å². The lowest BCUT2D eigenvalue weighted by molar-refractivity contribution is -0.145. The SMILES string of the molecule is O=C(O)[C@@H](Cc1cccc(Br)c1)N1CCOCC1. The molecular weight excluding hydrogens is 298 g/mol. The minimum atomic E-state index is -0.767. The second kappa shape index (κ2) is 6.31. The number of morpholine rings is 1. The van der Waals surface area contributed by atoms with Crippen molar-refractivity contribution in [2.75, 3.05) is 26.3 Å². The molecule has 98 valence electrons. The van der Waals surface area contributed by atoms with Crippen molar-refractivity contribution in [1.82, 2.24) is 4.90 Å². The Balaban J connectivity index is 2.08. The fraction of sp³-hybridized carbons (Fsp3) is 0.462. The molecule has 0 aromatic heterocycles. The molecule has 1 aliphatic heterocycles. The van der Waals surface area contributed by atoms with E-state index in [-0.39, 0.29) is 0 Å². The van der Waals surface area contributed by atoms with Gasteiger partial charge in [0.1, 0.15) is 6.04 Å². The highest BCUT2D eigenvalue weighted by Crippen LogP contribution is 2.16. The van der Waals surface area contributed by atoms with Gasteiger partial charge in [-0.25, -0.2) is 0 Å². The fourth-order valence-corrected chi connectivity index (χ4v) is 2.60. The molecule has 1 saturated heterocycles. The summed E-state index contributed by atoms with van der Waals surface area (Å²) in [6.07, 6.45) is 0.523. The summed E-state index contributed by atoms with van der Waals surface area (Å²) >= 11 is 3.40. The number of rotatable bonds is 4. The number of hydrogen-bond donors (Lipinski definition) is 1. The van der Waals surface area contributed by atoms with Gasteiger partial charge in [0, 0.05) is 17.6 Å². The molecule has 1 heterocycles. The molecule has 18 heavy (non-hydrogen) atoms. The lowest BCUT2D eigenvalue weighted by Gasteiger charge is -2.32. The Morgan fingerprint density at radius 1 is 1.44 bits per heavy atom. The maximum atomic E-state index is 11.4. The van der Waals surface area contributed by atoms with E-state index in [0.717, 1.165) is 10.0 Å². The molecule has 0 spiro atoms. The van der Waals surface area contributed by atoms with Gasteiger partial charge in [0.25, 0.3) is 0 Å². The third-order valence-corrected chi connectivity index (χ3v) is 3.58. The zero-order chi connectivity index (χ0) is 13.0. The second-order valence-corrected chi connectivity index (χ2v) is 5.25. The van der Waals surface area contributed by atoms with Crippen molar-refractivity contribution >= 4 is 21.9 Å². The van der Waals surface area contributed by atoms with Crippen molar-refractivity contribution in [3.8, 4) is 0 Å². The maximum absolute atomic E-state index is 11.4. The Labute approximate surface area is 115 Å². The normalized spacial score (nSPS) is 18.5. The minimum Gasteiger partial charge on any atom is -0.480 e. The highest BCUT2D eigenvalue weighted by molar-refractivity contribution is 9.10. The van der Waals surface area contributed by atoms with Crippen LogP contribution in [0.2, 0.25) is 0 Å².